The first-order valence-electron chi connectivity index (χ1n) is 9.95. The van der Waals surface area contributed by atoms with Crippen LogP contribution in [-0.2, 0) is 20.6 Å². The average molecular weight is 449 g/mol. The van der Waals surface area contributed by atoms with Crippen LogP contribution in [0.5, 0.6) is 0 Å². The van der Waals surface area contributed by atoms with Gasteiger partial charge in [-0.25, -0.2) is 18.1 Å². The van der Waals surface area contributed by atoms with E-state index in [-0.39, 0.29) is 18.0 Å². The number of hydrogen-bond acceptors (Lipinski definition) is 6. The number of aromatic nitrogens is 1. The fraction of sp³-hybridized carbons (Fsp3) is 0.429. The second-order valence-corrected chi connectivity index (χ2v) is 10.3. The number of carbonyl (C=O) groups excluding carboxylic acids is 1. The number of nitrogens with one attached hydrogen (secondary N) is 2. The Bertz CT molecular complexity index is 954. The highest BCUT2D eigenvalue weighted by Crippen LogP contribution is 2.22. The van der Waals surface area contributed by atoms with Crippen LogP contribution in [0.25, 0.3) is 0 Å². The first-order valence-corrected chi connectivity index (χ1v) is 12.8. The van der Waals surface area contributed by atoms with Gasteiger partial charge in [0.25, 0.3) is 0 Å². The highest BCUT2D eigenvalue weighted by molar-refractivity contribution is 7.98. The Hall–Kier alpha value is -1.94. The van der Waals surface area contributed by atoms with Gasteiger partial charge in [-0.2, -0.15) is 0 Å². The minimum atomic E-state index is -3.26. The van der Waals surface area contributed by atoms with Gasteiger partial charge in [0.1, 0.15) is 0 Å². The minimum Gasteiger partial charge on any atom is -0.325 e. The van der Waals surface area contributed by atoms with E-state index in [2.05, 4.69) is 15.0 Å². The summed E-state index contributed by atoms with van der Waals surface area (Å²) in [6.07, 6.45) is 4.58. The molecule has 7 nitrogen and oxygen atoms in total. The van der Waals surface area contributed by atoms with Gasteiger partial charge in [0.15, 0.2) is 0 Å². The highest BCUT2D eigenvalue weighted by atomic mass is 32.2. The second-order valence-electron chi connectivity index (χ2n) is 7.55. The number of pyridine rings is 1. The summed E-state index contributed by atoms with van der Waals surface area (Å²) >= 11 is 1.65. The smallest absolute Gasteiger partial charge is 0.241 e. The molecule has 1 saturated heterocycles. The van der Waals surface area contributed by atoms with Crippen molar-refractivity contribution in [1.82, 2.24) is 14.6 Å². The summed E-state index contributed by atoms with van der Waals surface area (Å²) in [5.41, 5.74) is 1.86. The third kappa shape index (κ3) is 7.09. The van der Waals surface area contributed by atoms with Gasteiger partial charge < -0.3 is 5.32 Å². The molecule has 1 aliphatic rings. The van der Waals surface area contributed by atoms with E-state index < -0.39 is 10.0 Å². The van der Waals surface area contributed by atoms with E-state index in [0.29, 0.717) is 6.54 Å². The van der Waals surface area contributed by atoms with E-state index in [1.807, 2.05) is 54.3 Å². The zero-order chi connectivity index (χ0) is 21.6. The largest absolute Gasteiger partial charge is 0.325 e. The number of benzene rings is 1. The molecule has 30 heavy (non-hydrogen) atoms. The number of thioether (sulfide) groups is 1. The molecule has 0 radical (unpaired) electrons. The van der Waals surface area contributed by atoms with Crippen molar-refractivity contribution < 1.29 is 13.2 Å². The molecule has 2 atom stereocenters. The van der Waals surface area contributed by atoms with Crippen molar-refractivity contribution >= 4 is 33.4 Å². The number of hydrogen-bond donors (Lipinski definition) is 2. The highest BCUT2D eigenvalue weighted by Gasteiger charge is 2.28. The Morgan fingerprint density at radius 3 is 2.87 bits per heavy atom. The molecule has 0 aliphatic carbocycles. The van der Waals surface area contributed by atoms with Gasteiger partial charge in [-0.15, -0.1) is 11.8 Å². The Morgan fingerprint density at radius 1 is 1.30 bits per heavy atom. The number of likely N-dealkylation sites (tertiary alicyclic amines) is 1. The van der Waals surface area contributed by atoms with Gasteiger partial charge in [0.2, 0.25) is 15.9 Å². The molecule has 1 aromatic carbocycles. The Kier molecular flexibility index (Phi) is 7.87. The van der Waals surface area contributed by atoms with Crippen molar-refractivity contribution in [3.05, 3.63) is 54.2 Å². The fourth-order valence-corrected chi connectivity index (χ4v) is 5.10. The van der Waals surface area contributed by atoms with E-state index in [0.717, 1.165) is 41.4 Å². The van der Waals surface area contributed by atoms with Crippen LogP contribution in [0.15, 0.2) is 53.7 Å². The summed E-state index contributed by atoms with van der Waals surface area (Å²) in [4.78, 5) is 19.1. The summed E-state index contributed by atoms with van der Waals surface area (Å²) in [5.74, 6) is 0.672. The van der Waals surface area contributed by atoms with Gasteiger partial charge in [0.05, 0.1) is 17.3 Å². The minimum absolute atomic E-state index is 0.0930. The molecule has 1 amide bonds. The number of carbonyl (C=O) groups is 1. The molecule has 1 fully saturated rings. The standard InChI is InChI=1S/C21H28N4O3S2/c1-16(25-12-6-9-19(14-25)24-30(2,27)28)21(26)23-18-8-5-7-17(13-18)15-29-20-10-3-4-11-22-20/h3-5,7-8,10-11,13,16,19,24H,6,9,12,14-15H2,1-2H3,(H,23,26)/t16-,19+/m0/s1. The molecule has 1 aromatic heterocycles. The third-order valence-corrected chi connectivity index (χ3v) is 6.76. The molecule has 0 unspecified atom stereocenters. The second kappa shape index (κ2) is 10.4. The van der Waals surface area contributed by atoms with Crippen molar-refractivity contribution in [3.63, 3.8) is 0 Å². The lowest BCUT2D eigenvalue weighted by atomic mass is 10.0. The van der Waals surface area contributed by atoms with Crippen LogP contribution in [0.3, 0.4) is 0 Å². The lowest BCUT2D eigenvalue weighted by molar-refractivity contribution is -0.121. The number of nitrogens with zero attached hydrogens (tertiary/aromatic N) is 2. The summed E-state index contributed by atoms with van der Waals surface area (Å²) in [6, 6.07) is 13.1. The molecule has 3 rings (SSSR count). The Balaban J connectivity index is 1.55. The topological polar surface area (TPSA) is 91.4 Å². The van der Waals surface area contributed by atoms with Crippen molar-refractivity contribution in [2.24, 2.45) is 0 Å². The van der Waals surface area contributed by atoms with Crippen LogP contribution in [0.1, 0.15) is 25.3 Å². The molecular formula is C21H28N4O3S2. The van der Waals surface area contributed by atoms with Gasteiger partial charge in [-0.1, -0.05) is 18.2 Å². The molecule has 1 aliphatic heterocycles. The summed E-state index contributed by atoms with van der Waals surface area (Å²) in [7, 11) is -3.26. The van der Waals surface area contributed by atoms with Crippen molar-refractivity contribution in [2.45, 2.75) is 42.6 Å². The van der Waals surface area contributed by atoms with E-state index in [1.54, 1.807) is 18.0 Å². The lowest BCUT2D eigenvalue weighted by Crippen LogP contribution is -2.52. The molecule has 0 spiro atoms. The van der Waals surface area contributed by atoms with Gasteiger partial charge >= 0.3 is 0 Å². The van der Waals surface area contributed by atoms with Crippen molar-refractivity contribution in [3.8, 4) is 0 Å². The average Bonchev–Trinajstić information content (AvgIpc) is 2.72. The SMILES string of the molecule is C[C@@H](C(=O)Nc1cccc(CSc2ccccn2)c1)N1CCC[C@@H](NS(C)(=O)=O)C1. The summed E-state index contributed by atoms with van der Waals surface area (Å²) in [5, 5.41) is 3.96. The van der Waals surface area contributed by atoms with E-state index in [9.17, 15) is 13.2 Å². The molecular weight excluding hydrogens is 420 g/mol. The third-order valence-electron chi connectivity index (χ3n) is 4.98. The molecule has 162 valence electrons. The Morgan fingerprint density at radius 2 is 2.13 bits per heavy atom. The monoisotopic (exact) mass is 448 g/mol. The van der Waals surface area contributed by atoms with Crippen LogP contribution < -0.4 is 10.0 Å². The van der Waals surface area contributed by atoms with Crippen LogP contribution in [0.4, 0.5) is 5.69 Å². The molecule has 0 saturated carbocycles. The van der Waals surface area contributed by atoms with Crippen molar-refractivity contribution in [1.29, 1.82) is 0 Å². The van der Waals surface area contributed by atoms with E-state index in [1.165, 1.54) is 6.26 Å². The quantitative estimate of drug-likeness (QED) is 0.604. The van der Waals surface area contributed by atoms with E-state index >= 15 is 0 Å². The predicted molar refractivity (Wildman–Crippen MR) is 121 cm³/mol. The number of rotatable bonds is 8. The normalized spacial score (nSPS) is 18.7. The molecule has 2 heterocycles. The summed E-state index contributed by atoms with van der Waals surface area (Å²) < 4.78 is 25.7. The van der Waals surface area contributed by atoms with Gasteiger partial charge in [-0.05, 0) is 56.1 Å². The van der Waals surface area contributed by atoms with E-state index in [4.69, 9.17) is 0 Å². The van der Waals surface area contributed by atoms with Crippen LogP contribution in [0.2, 0.25) is 0 Å². The van der Waals surface area contributed by atoms with Crippen LogP contribution in [-0.4, -0.2) is 55.6 Å². The maximum absolute atomic E-state index is 12.8. The van der Waals surface area contributed by atoms with Gasteiger partial charge in [-0.3, -0.25) is 9.69 Å². The predicted octanol–water partition coefficient (Wildman–Crippen LogP) is 2.71. The van der Waals surface area contributed by atoms with Crippen molar-refractivity contribution in [2.75, 3.05) is 24.7 Å². The molecule has 0 bridgehead atoms. The van der Waals surface area contributed by atoms with Gasteiger partial charge in [0, 0.05) is 30.2 Å². The molecule has 9 heteroatoms. The maximum Gasteiger partial charge on any atom is 0.241 e. The summed E-state index contributed by atoms with van der Waals surface area (Å²) in [6.45, 7) is 3.17. The zero-order valence-electron chi connectivity index (χ0n) is 17.2. The van der Waals surface area contributed by atoms with Crippen LogP contribution in [0, 0.1) is 0 Å². The first-order chi connectivity index (χ1) is 14.3. The number of sulfonamides is 1. The maximum atomic E-state index is 12.8. The first kappa shape index (κ1) is 22.7. The Labute approximate surface area is 182 Å². The molecule has 2 aromatic rings. The fourth-order valence-electron chi connectivity index (χ4n) is 3.50. The zero-order valence-corrected chi connectivity index (χ0v) is 18.9. The lowest BCUT2D eigenvalue weighted by Gasteiger charge is -2.36. The number of anilines is 1. The molecule has 2 N–H and O–H groups in total. The number of amides is 1. The van der Waals surface area contributed by atoms with Crippen LogP contribution >= 0.6 is 11.8 Å². The number of piperidine rings is 1.